The third-order valence-electron chi connectivity index (χ3n) is 2.39. The van der Waals surface area contributed by atoms with E-state index < -0.39 is 5.97 Å². The monoisotopic (exact) mass is 267 g/mol. The minimum absolute atomic E-state index is 0.447. The van der Waals surface area contributed by atoms with Crippen LogP contribution >= 0.6 is 22.7 Å². The number of aromatic carboxylic acids is 1. The second-order valence-electron chi connectivity index (χ2n) is 3.83. The predicted octanol–water partition coefficient (Wildman–Crippen LogP) is 3.14. The van der Waals surface area contributed by atoms with Gasteiger partial charge >= 0.3 is 5.97 Å². The summed E-state index contributed by atoms with van der Waals surface area (Å²) in [5.74, 6) is -0.834. The van der Waals surface area contributed by atoms with Crippen LogP contribution in [0.2, 0.25) is 0 Å². The first-order chi connectivity index (χ1) is 8.16. The number of carboxylic acids is 1. The van der Waals surface area contributed by atoms with E-state index >= 15 is 0 Å². The zero-order valence-corrected chi connectivity index (χ0v) is 11.1. The largest absolute Gasteiger partial charge is 0.477 e. The Labute approximate surface area is 108 Å². The maximum Gasteiger partial charge on any atom is 0.346 e. The van der Waals surface area contributed by atoms with Gasteiger partial charge in [-0.15, -0.1) is 22.7 Å². The second-order valence-corrected chi connectivity index (χ2v) is 5.78. The molecule has 1 N–H and O–H groups in total. The molecule has 17 heavy (non-hydrogen) atoms. The van der Waals surface area contributed by atoms with Crippen molar-refractivity contribution in [3.8, 4) is 0 Å². The van der Waals surface area contributed by atoms with Crippen molar-refractivity contribution in [1.82, 2.24) is 4.90 Å². The predicted molar refractivity (Wildman–Crippen MR) is 70.8 cm³/mol. The smallest absolute Gasteiger partial charge is 0.346 e. The highest BCUT2D eigenvalue weighted by molar-refractivity contribution is 7.12. The van der Waals surface area contributed by atoms with E-state index in [1.165, 1.54) is 16.2 Å². The molecule has 2 aromatic heterocycles. The zero-order chi connectivity index (χ0) is 12.3. The number of rotatable bonds is 5. The van der Waals surface area contributed by atoms with Gasteiger partial charge in [-0.05, 0) is 35.5 Å². The quantitative estimate of drug-likeness (QED) is 0.904. The van der Waals surface area contributed by atoms with Gasteiger partial charge in [0.25, 0.3) is 0 Å². The summed E-state index contributed by atoms with van der Waals surface area (Å²) in [7, 11) is 2.00. The second kappa shape index (κ2) is 5.44. The molecule has 0 saturated heterocycles. The SMILES string of the molecule is CN(Cc1cccs1)Cc1ccsc1C(=O)O. The summed E-state index contributed by atoms with van der Waals surface area (Å²) in [5, 5.41) is 12.9. The van der Waals surface area contributed by atoms with Crippen molar-refractivity contribution >= 4 is 28.6 Å². The minimum Gasteiger partial charge on any atom is -0.477 e. The van der Waals surface area contributed by atoms with Gasteiger partial charge in [-0.25, -0.2) is 4.79 Å². The zero-order valence-electron chi connectivity index (χ0n) is 9.42. The number of hydrogen-bond donors (Lipinski definition) is 1. The summed E-state index contributed by atoms with van der Waals surface area (Å²) in [6.07, 6.45) is 0. The van der Waals surface area contributed by atoms with Crippen LogP contribution in [0.15, 0.2) is 29.0 Å². The Balaban J connectivity index is 2.00. The molecule has 0 aromatic carbocycles. The first kappa shape index (κ1) is 12.3. The summed E-state index contributed by atoms with van der Waals surface area (Å²) in [6.45, 7) is 1.52. The highest BCUT2D eigenvalue weighted by atomic mass is 32.1. The van der Waals surface area contributed by atoms with E-state index in [4.69, 9.17) is 5.11 Å². The fourth-order valence-corrected chi connectivity index (χ4v) is 3.20. The van der Waals surface area contributed by atoms with Crippen molar-refractivity contribution in [3.05, 3.63) is 44.3 Å². The van der Waals surface area contributed by atoms with Crippen LogP contribution in [0.4, 0.5) is 0 Å². The highest BCUT2D eigenvalue weighted by Crippen LogP contribution is 2.19. The van der Waals surface area contributed by atoms with Gasteiger partial charge in [0.2, 0.25) is 0 Å². The summed E-state index contributed by atoms with van der Waals surface area (Å²) < 4.78 is 0. The van der Waals surface area contributed by atoms with Crippen LogP contribution in [0.3, 0.4) is 0 Å². The normalized spacial score (nSPS) is 10.9. The number of carbonyl (C=O) groups is 1. The van der Waals surface area contributed by atoms with Crippen LogP contribution in [-0.4, -0.2) is 23.0 Å². The topological polar surface area (TPSA) is 40.5 Å². The fourth-order valence-electron chi connectivity index (χ4n) is 1.66. The van der Waals surface area contributed by atoms with Crippen LogP contribution < -0.4 is 0 Å². The molecule has 90 valence electrons. The molecule has 2 heterocycles. The van der Waals surface area contributed by atoms with Crippen molar-refractivity contribution in [2.24, 2.45) is 0 Å². The van der Waals surface area contributed by atoms with E-state index in [1.54, 1.807) is 11.3 Å². The molecule has 0 aliphatic heterocycles. The van der Waals surface area contributed by atoms with Gasteiger partial charge < -0.3 is 5.11 Å². The molecular formula is C12H13NO2S2. The molecule has 0 fully saturated rings. The van der Waals surface area contributed by atoms with Crippen molar-refractivity contribution in [2.45, 2.75) is 13.1 Å². The van der Waals surface area contributed by atoms with E-state index in [0.29, 0.717) is 11.4 Å². The van der Waals surface area contributed by atoms with Gasteiger partial charge in [-0.1, -0.05) is 6.07 Å². The van der Waals surface area contributed by atoms with Crippen LogP contribution in [0.25, 0.3) is 0 Å². The Kier molecular flexibility index (Phi) is 3.93. The molecule has 0 radical (unpaired) electrons. The molecule has 3 nitrogen and oxygen atoms in total. The molecule has 0 aliphatic rings. The van der Waals surface area contributed by atoms with Crippen molar-refractivity contribution < 1.29 is 9.90 Å². The number of carboxylic acid groups (broad SMARTS) is 1. The molecule has 2 rings (SSSR count). The molecule has 0 saturated carbocycles. The average Bonchev–Trinajstić information content (AvgIpc) is 2.88. The molecule has 0 spiro atoms. The lowest BCUT2D eigenvalue weighted by Crippen LogP contribution is -2.17. The molecule has 2 aromatic rings. The summed E-state index contributed by atoms with van der Waals surface area (Å²) in [5.41, 5.74) is 0.890. The third kappa shape index (κ3) is 3.15. The Morgan fingerprint density at radius 2 is 2.12 bits per heavy atom. The van der Waals surface area contributed by atoms with E-state index in [0.717, 1.165) is 12.1 Å². The van der Waals surface area contributed by atoms with Gasteiger partial charge in [0.05, 0.1) is 0 Å². The Morgan fingerprint density at radius 3 is 2.76 bits per heavy atom. The van der Waals surface area contributed by atoms with Crippen LogP contribution in [0.1, 0.15) is 20.1 Å². The molecule has 5 heteroatoms. The average molecular weight is 267 g/mol. The molecule has 0 aliphatic carbocycles. The van der Waals surface area contributed by atoms with Gasteiger partial charge in [-0.2, -0.15) is 0 Å². The van der Waals surface area contributed by atoms with E-state index in [9.17, 15) is 4.79 Å². The van der Waals surface area contributed by atoms with Gasteiger partial charge in [0, 0.05) is 18.0 Å². The molecular weight excluding hydrogens is 254 g/mol. The number of thiophene rings is 2. The van der Waals surface area contributed by atoms with Gasteiger partial charge in [-0.3, -0.25) is 4.90 Å². The van der Waals surface area contributed by atoms with E-state index in [2.05, 4.69) is 16.3 Å². The summed E-state index contributed by atoms with van der Waals surface area (Å²) >= 11 is 3.00. The number of nitrogens with zero attached hydrogens (tertiary/aromatic N) is 1. The van der Waals surface area contributed by atoms with Crippen molar-refractivity contribution in [2.75, 3.05) is 7.05 Å². The molecule has 0 bridgehead atoms. The first-order valence-corrected chi connectivity index (χ1v) is 6.93. The van der Waals surface area contributed by atoms with Gasteiger partial charge in [0.15, 0.2) is 0 Å². The Bertz CT molecular complexity index is 490. The summed E-state index contributed by atoms with van der Waals surface area (Å²) in [6, 6.07) is 6.01. The lowest BCUT2D eigenvalue weighted by atomic mass is 10.2. The van der Waals surface area contributed by atoms with Crippen LogP contribution in [-0.2, 0) is 13.1 Å². The van der Waals surface area contributed by atoms with Crippen LogP contribution in [0, 0.1) is 0 Å². The Morgan fingerprint density at radius 1 is 1.29 bits per heavy atom. The Hall–Kier alpha value is -1.17. The minimum atomic E-state index is -0.834. The molecule has 0 atom stereocenters. The van der Waals surface area contributed by atoms with Gasteiger partial charge in [0.1, 0.15) is 4.88 Å². The lowest BCUT2D eigenvalue weighted by molar-refractivity contribution is 0.0700. The molecule has 0 amide bonds. The van der Waals surface area contributed by atoms with Crippen LogP contribution in [0.5, 0.6) is 0 Å². The van der Waals surface area contributed by atoms with Crippen molar-refractivity contribution in [3.63, 3.8) is 0 Å². The first-order valence-electron chi connectivity index (χ1n) is 5.17. The molecule has 0 unspecified atom stereocenters. The maximum atomic E-state index is 11.0. The standard InChI is InChI=1S/C12H13NO2S2/c1-13(8-10-3-2-5-16-10)7-9-4-6-17-11(9)12(14)15/h2-6H,7-8H2,1H3,(H,14,15). The maximum absolute atomic E-state index is 11.0. The fraction of sp³-hybridized carbons (Fsp3) is 0.250. The van der Waals surface area contributed by atoms with E-state index in [-0.39, 0.29) is 0 Å². The van der Waals surface area contributed by atoms with Crippen molar-refractivity contribution in [1.29, 1.82) is 0 Å². The number of hydrogen-bond acceptors (Lipinski definition) is 4. The van der Waals surface area contributed by atoms with E-state index in [1.807, 2.05) is 24.6 Å². The third-order valence-corrected chi connectivity index (χ3v) is 4.19. The summed E-state index contributed by atoms with van der Waals surface area (Å²) in [4.78, 5) is 14.8. The lowest BCUT2D eigenvalue weighted by Gasteiger charge is -2.15. The highest BCUT2D eigenvalue weighted by Gasteiger charge is 2.13.